The van der Waals surface area contributed by atoms with E-state index in [9.17, 15) is 20.1 Å². The zero-order valence-electron chi connectivity index (χ0n) is 17.3. The van der Waals surface area contributed by atoms with Crippen molar-refractivity contribution in [2.45, 2.75) is 91.0 Å². The van der Waals surface area contributed by atoms with Crippen LogP contribution in [0.2, 0.25) is 0 Å². The van der Waals surface area contributed by atoms with E-state index in [0.29, 0.717) is 18.8 Å². The van der Waals surface area contributed by atoms with E-state index in [1.807, 2.05) is 0 Å². The van der Waals surface area contributed by atoms with Gasteiger partial charge in [0.05, 0.1) is 18.8 Å². The maximum atomic E-state index is 11.5. The zero-order chi connectivity index (χ0) is 19.9. The van der Waals surface area contributed by atoms with Crippen LogP contribution in [-0.2, 0) is 9.53 Å². The Morgan fingerprint density at radius 2 is 1.88 bits per heavy atom. The van der Waals surface area contributed by atoms with Gasteiger partial charge in [-0.3, -0.25) is 4.79 Å². The predicted octanol–water partition coefficient (Wildman–Crippen LogP) is 2.90. The van der Waals surface area contributed by atoms with E-state index >= 15 is 0 Å². The van der Waals surface area contributed by atoms with E-state index in [1.54, 1.807) is 6.92 Å². The third-order valence-corrected chi connectivity index (χ3v) is 8.28. The largest absolute Gasteiger partial charge is 0.469 e. The number of aliphatic hydroxyl groups excluding tert-OH is 2. The van der Waals surface area contributed by atoms with Crippen molar-refractivity contribution in [1.82, 2.24) is 0 Å². The summed E-state index contributed by atoms with van der Waals surface area (Å²) in [4.78, 5) is 11.5. The molecule has 0 radical (unpaired) electrons. The van der Waals surface area contributed by atoms with Gasteiger partial charge in [0.2, 0.25) is 0 Å². The minimum Gasteiger partial charge on any atom is -0.469 e. The lowest BCUT2D eigenvalue weighted by molar-refractivity contribution is -0.264. The summed E-state index contributed by atoms with van der Waals surface area (Å²) in [5, 5.41) is 32.0. The van der Waals surface area contributed by atoms with Gasteiger partial charge in [-0.15, -0.1) is 0 Å². The van der Waals surface area contributed by atoms with Crippen molar-refractivity contribution in [3.8, 4) is 0 Å². The number of fused-ring (bicyclic) bond motifs is 1. The SMILES string of the molecule is COC(=O)C[C@H](C)CC[C@@]1(C)[C@H](C)CC[C@]2(C)[C@@H]1C[C@@H](O)[C@H](O)[C@]2(C)O. The Bertz CT molecular complexity index is 519. The number of carbonyl (C=O) groups is 1. The fraction of sp³-hybridized carbons (Fsp3) is 0.952. The summed E-state index contributed by atoms with van der Waals surface area (Å²) >= 11 is 0. The number of carbonyl (C=O) groups excluding carboxylic acids is 1. The van der Waals surface area contributed by atoms with E-state index in [-0.39, 0.29) is 23.2 Å². The Morgan fingerprint density at radius 1 is 1.27 bits per heavy atom. The molecule has 2 saturated carbocycles. The van der Waals surface area contributed by atoms with Crippen LogP contribution in [0.4, 0.5) is 0 Å². The highest BCUT2D eigenvalue weighted by Gasteiger charge is 2.64. The molecular weight excluding hydrogens is 332 g/mol. The molecule has 152 valence electrons. The molecular formula is C21H38O5. The number of rotatable bonds is 5. The minimum atomic E-state index is -1.31. The second-order valence-electron chi connectivity index (χ2n) is 9.74. The summed E-state index contributed by atoms with van der Waals surface area (Å²) in [6, 6.07) is 0. The van der Waals surface area contributed by atoms with E-state index in [4.69, 9.17) is 4.74 Å². The molecule has 0 bridgehead atoms. The van der Waals surface area contributed by atoms with Crippen molar-refractivity contribution in [1.29, 1.82) is 0 Å². The van der Waals surface area contributed by atoms with Crippen LogP contribution < -0.4 is 0 Å². The quantitative estimate of drug-likeness (QED) is 0.648. The molecule has 0 aromatic heterocycles. The van der Waals surface area contributed by atoms with Gasteiger partial charge in [-0.1, -0.05) is 27.7 Å². The Kier molecular flexibility index (Phi) is 6.16. The maximum absolute atomic E-state index is 11.5. The number of hydrogen-bond acceptors (Lipinski definition) is 5. The fourth-order valence-electron chi connectivity index (χ4n) is 5.76. The molecule has 2 rings (SSSR count). The second kappa shape index (κ2) is 7.40. The summed E-state index contributed by atoms with van der Waals surface area (Å²) in [6.07, 6.45) is 2.60. The van der Waals surface area contributed by atoms with Gasteiger partial charge >= 0.3 is 5.97 Å². The van der Waals surface area contributed by atoms with Crippen LogP contribution in [0.25, 0.3) is 0 Å². The zero-order valence-corrected chi connectivity index (χ0v) is 17.3. The monoisotopic (exact) mass is 370 g/mol. The van der Waals surface area contributed by atoms with Crippen molar-refractivity contribution < 1.29 is 24.9 Å². The van der Waals surface area contributed by atoms with Gasteiger partial charge in [0, 0.05) is 11.8 Å². The molecule has 8 atom stereocenters. The van der Waals surface area contributed by atoms with Crippen molar-refractivity contribution in [2.24, 2.45) is 28.6 Å². The van der Waals surface area contributed by atoms with E-state index in [0.717, 1.165) is 25.7 Å². The van der Waals surface area contributed by atoms with Crippen LogP contribution in [0.15, 0.2) is 0 Å². The van der Waals surface area contributed by atoms with Crippen molar-refractivity contribution in [3.63, 3.8) is 0 Å². The first kappa shape index (κ1) is 21.6. The Morgan fingerprint density at radius 3 is 2.46 bits per heavy atom. The molecule has 2 aliphatic carbocycles. The highest BCUT2D eigenvalue weighted by Crippen LogP contribution is 2.64. The lowest BCUT2D eigenvalue weighted by Crippen LogP contribution is -2.68. The minimum absolute atomic E-state index is 0.0531. The van der Waals surface area contributed by atoms with Gasteiger partial charge in [-0.25, -0.2) is 0 Å². The molecule has 0 aromatic carbocycles. The highest BCUT2D eigenvalue weighted by atomic mass is 16.5. The molecule has 0 saturated heterocycles. The van der Waals surface area contributed by atoms with Crippen LogP contribution in [0.3, 0.4) is 0 Å². The molecule has 5 heteroatoms. The van der Waals surface area contributed by atoms with Gasteiger partial charge in [0.1, 0.15) is 6.10 Å². The number of hydrogen-bond donors (Lipinski definition) is 3. The molecule has 0 aromatic rings. The molecule has 0 heterocycles. The molecule has 0 aliphatic heterocycles. The van der Waals surface area contributed by atoms with Crippen LogP contribution in [0.1, 0.15) is 73.1 Å². The van der Waals surface area contributed by atoms with Crippen molar-refractivity contribution in [3.05, 3.63) is 0 Å². The van der Waals surface area contributed by atoms with Crippen LogP contribution >= 0.6 is 0 Å². The number of aliphatic hydroxyl groups is 3. The van der Waals surface area contributed by atoms with Crippen molar-refractivity contribution in [2.75, 3.05) is 7.11 Å². The van der Waals surface area contributed by atoms with E-state index in [2.05, 4.69) is 27.7 Å². The highest BCUT2D eigenvalue weighted by molar-refractivity contribution is 5.69. The molecule has 5 nitrogen and oxygen atoms in total. The molecule has 2 fully saturated rings. The lowest BCUT2D eigenvalue weighted by Gasteiger charge is -2.64. The van der Waals surface area contributed by atoms with Crippen LogP contribution in [-0.4, -0.2) is 46.2 Å². The topological polar surface area (TPSA) is 87.0 Å². The summed E-state index contributed by atoms with van der Waals surface area (Å²) in [6.45, 7) is 10.4. The second-order valence-corrected chi connectivity index (χ2v) is 9.74. The van der Waals surface area contributed by atoms with Gasteiger partial charge in [0.15, 0.2) is 0 Å². The summed E-state index contributed by atoms with van der Waals surface area (Å²) in [5.41, 5.74) is -1.80. The smallest absolute Gasteiger partial charge is 0.305 e. The molecule has 2 aliphatic rings. The first-order valence-corrected chi connectivity index (χ1v) is 10.1. The Labute approximate surface area is 158 Å². The van der Waals surface area contributed by atoms with E-state index in [1.165, 1.54) is 7.11 Å². The standard InChI is InChI=1S/C21H38O5/c1-13(11-17(23)26-6)7-9-19(3)14(2)8-10-20(4)16(19)12-15(22)18(24)21(20,5)25/h13-16,18,22,24-25H,7-12H2,1-6H3/t13-,14-,15-,16-,18+,19+,20-,21+/m1/s1. The molecule has 26 heavy (non-hydrogen) atoms. The summed E-state index contributed by atoms with van der Waals surface area (Å²) in [5.74, 6) is 0.643. The number of methoxy groups -OCH3 is 1. The van der Waals surface area contributed by atoms with E-state index < -0.39 is 23.2 Å². The average molecular weight is 371 g/mol. The normalized spacial score (nSPS) is 47.1. The third-order valence-electron chi connectivity index (χ3n) is 8.28. The van der Waals surface area contributed by atoms with Gasteiger partial charge in [-0.2, -0.15) is 0 Å². The van der Waals surface area contributed by atoms with Crippen LogP contribution in [0, 0.1) is 28.6 Å². The van der Waals surface area contributed by atoms with Crippen LogP contribution in [0.5, 0.6) is 0 Å². The molecule has 0 amide bonds. The number of ether oxygens (including phenoxy) is 1. The summed E-state index contributed by atoms with van der Waals surface area (Å²) in [7, 11) is 1.42. The lowest BCUT2D eigenvalue weighted by atomic mass is 9.42. The third kappa shape index (κ3) is 3.43. The van der Waals surface area contributed by atoms with Gasteiger partial charge in [-0.05, 0) is 62.2 Å². The van der Waals surface area contributed by atoms with Gasteiger partial charge < -0.3 is 20.1 Å². The van der Waals surface area contributed by atoms with Gasteiger partial charge in [0.25, 0.3) is 0 Å². The first-order chi connectivity index (χ1) is 11.9. The maximum Gasteiger partial charge on any atom is 0.305 e. The fourth-order valence-corrected chi connectivity index (χ4v) is 5.76. The molecule has 0 spiro atoms. The summed E-state index contributed by atoms with van der Waals surface area (Å²) < 4.78 is 4.78. The Balaban J connectivity index is 2.24. The Hall–Kier alpha value is -0.650. The molecule has 0 unspecified atom stereocenters. The predicted molar refractivity (Wildman–Crippen MR) is 100 cm³/mol. The average Bonchev–Trinajstić information content (AvgIpc) is 2.58. The molecule has 3 N–H and O–H groups in total. The first-order valence-electron chi connectivity index (χ1n) is 10.1. The number of esters is 1. The van der Waals surface area contributed by atoms with Crippen molar-refractivity contribution >= 4 is 5.97 Å².